The van der Waals surface area contributed by atoms with E-state index in [2.05, 4.69) is 5.32 Å². The molecule has 238 valence electrons. The Balaban J connectivity index is 2.18. The number of hydrogen-bond donors (Lipinski definition) is 1. The highest BCUT2D eigenvalue weighted by molar-refractivity contribution is 7.92. The summed E-state index contributed by atoms with van der Waals surface area (Å²) in [4.78, 5) is 29.2. The Labute approximate surface area is 270 Å². The Hall–Kier alpha value is -3.47. The van der Waals surface area contributed by atoms with Gasteiger partial charge in [0.25, 0.3) is 10.0 Å². The van der Waals surface area contributed by atoms with Gasteiger partial charge in [-0.15, -0.1) is 0 Å². The Kier molecular flexibility index (Phi) is 11.6. The van der Waals surface area contributed by atoms with Crippen LogP contribution < -0.4 is 19.1 Å². The second-order valence-electron chi connectivity index (χ2n) is 11.3. The average molecular weight is 665 g/mol. The van der Waals surface area contributed by atoms with Crippen LogP contribution in [0.5, 0.6) is 11.5 Å². The van der Waals surface area contributed by atoms with Crippen LogP contribution in [-0.4, -0.2) is 57.5 Å². The van der Waals surface area contributed by atoms with Crippen molar-refractivity contribution in [1.82, 2.24) is 10.2 Å². The first-order chi connectivity index (χ1) is 20.6. The van der Waals surface area contributed by atoms with Crippen LogP contribution in [0.4, 0.5) is 5.69 Å². The molecule has 3 rings (SSSR count). The predicted octanol–water partition coefficient (Wildman–Crippen LogP) is 6.24. The van der Waals surface area contributed by atoms with Crippen molar-refractivity contribution in [2.75, 3.05) is 25.1 Å². The molecule has 9 nitrogen and oxygen atoms in total. The summed E-state index contributed by atoms with van der Waals surface area (Å²) in [6, 6.07) is 15.0. The molecular formula is C32H39Cl2N3O6S. The van der Waals surface area contributed by atoms with Crippen molar-refractivity contribution in [3.05, 3.63) is 81.8 Å². The molecule has 2 amide bonds. The molecule has 0 saturated carbocycles. The number of nitrogens with zero attached hydrogens (tertiary/aromatic N) is 2. The maximum Gasteiger partial charge on any atom is 0.264 e. The molecule has 0 radical (unpaired) electrons. The van der Waals surface area contributed by atoms with Crippen LogP contribution in [0.15, 0.2) is 65.6 Å². The number of hydrogen-bond acceptors (Lipinski definition) is 6. The van der Waals surface area contributed by atoms with Gasteiger partial charge in [0.05, 0.1) is 34.8 Å². The van der Waals surface area contributed by atoms with Gasteiger partial charge in [-0.1, -0.05) is 53.9 Å². The third kappa shape index (κ3) is 8.58. The number of carbonyl (C=O) groups is 2. The number of amides is 2. The van der Waals surface area contributed by atoms with Crippen LogP contribution in [0, 0.1) is 6.92 Å². The van der Waals surface area contributed by atoms with Crippen LogP contribution in [-0.2, 0) is 26.2 Å². The molecular weight excluding hydrogens is 625 g/mol. The fourth-order valence-corrected chi connectivity index (χ4v) is 6.29. The molecule has 0 spiro atoms. The summed E-state index contributed by atoms with van der Waals surface area (Å²) < 4.78 is 40.3. The summed E-state index contributed by atoms with van der Waals surface area (Å²) in [5.41, 5.74) is 1.01. The molecule has 44 heavy (non-hydrogen) atoms. The first-order valence-corrected chi connectivity index (χ1v) is 16.2. The van der Waals surface area contributed by atoms with Crippen molar-refractivity contribution in [3.8, 4) is 11.5 Å². The number of rotatable bonds is 12. The molecule has 0 heterocycles. The Bertz CT molecular complexity index is 1590. The lowest BCUT2D eigenvalue weighted by Crippen LogP contribution is -2.55. The highest BCUT2D eigenvalue weighted by Crippen LogP contribution is 2.36. The maximum atomic E-state index is 14.3. The largest absolute Gasteiger partial charge is 0.497 e. The first kappa shape index (κ1) is 35.0. The normalized spacial score (nSPS) is 12.3. The van der Waals surface area contributed by atoms with E-state index in [9.17, 15) is 18.0 Å². The number of anilines is 1. The molecule has 1 unspecified atom stereocenters. The number of halogens is 2. The summed E-state index contributed by atoms with van der Waals surface area (Å²) in [7, 11) is -1.45. The van der Waals surface area contributed by atoms with Gasteiger partial charge >= 0.3 is 0 Å². The lowest BCUT2D eigenvalue weighted by atomic mass is 10.1. The van der Waals surface area contributed by atoms with Crippen molar-refractivity contribution >= 4 is 50.7 Å². The summed E-state index contributed by atoms with van der Waals surface area (Å²) in [5, 5.41) is 3.57. The second kappa shape index (κ2) is 14.5. The SMILES string of the molecule is CCC(C(=O)NC(C)(C)C)N(Cc1ccc(Cl)c(Cl)c1)C(=O)CN(c1cc(OC)ccc1OC)S(=O)(=O)c1ccc(C)cc1. The van der Waals surface area contributed by atoms with E-state index in [4.69, 9.17) is 32.7 Å². The number of ether oxygens (including phenoxy) is 2. The van der Waals surface area contributed by atoms with Crippen LogP contribution in [0.1, 0.15) is 45.2 Å². The standard InChI is InChI=1S/C32H39Cl2N3O6S/c1-8-27(31(39)35-32(3,4)5)36(19-22-11-15-25(33)26(34)17-22)30(38)20-37(28-18-23(42-6)12-16-29(28)43-7)44(40,41)24-13-9-21(2)10-14-24/h9-18,27H,8,19-20H2,1-7H3,(H,35,39). The van der Waals surface area contributed by atoms with Crippen molar-refractivity contribution in [2.45, 2.75) is 64.1 Å². The third-order valence-corrected chi connectivity index (χ3v) is 9.28. The minimum absolute atomic E-state index is 0.0191. The molecule has 0 aromatic heterocycles. The van der Waals surface area contributed by atoms with Crippen LogP contribution >= 0.6 is 23.2 Å². The molecule has 1 atom stereocenters. The van der Waals surface area contributed by atoms with Gasteiger partial charge in [0.2, 0.25) is 11.8 Å². The van der Waals surface area contributed by atoms with Crippen LogP contribution in [0.2, 0.25) is 10.0 Å². The van der Waals surface area contributed by atoms with E-state index < -0.39 is 34.1 Å². The molecule has 3 aromatic rings. The summed E-state index contributed by atoms with van der Waals surface area (Å²) in [5.74, 6) is -0.420. The van der Waals surface area contributed by atoms with Crippen LogP contribution in [0.3, 0.4) is 0 Å². The fourth-order valence-electron chi connectivity index (χ4n) is 4.55. The Morgan fingerprint density at radius 1 is 0.932 bits per heavy atom. The zero-order chi connectivity index (χ0) is 32.8. The van der Waals surface area contributed by atoms with E-state index in [1.807, 2.05) is 27.7 Å². The molecule has 0 aliphatic carbocycles. The van der Waals surface area contributed by atoms with E-state index in [1.165, 1.54) is 37.3 Å². The van der Waals surface area contributed by atoms with Crippen molar-refractivity contribution in [2.24, 2.45) is 0 Å². The van der Waals surface area contributed by atoms with Gasteiger partial charge in [-0.3, -0.25) is 13.9 Å². The monoisotopic (exact) mass is 663 g/mol. The van der Waals surface area contributed by atoms with Crippen LogP contribution in [0.25, 0.3) is 0 Å². The first-order valence-electron chi connectivity index (χ1n) is 14.0. The minimum atomic E-state index is -4.31. The number of benzene rings is 3. The second-order valence-corrected chi connectivity index (χ2v) is 14.0. The topological polar surface area (TPSA) is 105 Å². The smallest absolute Gasteiger partial charge is 0.264 e. The van der Waals surface area contributed by atoms with Gasteiger partial charge in [-0.05, 0) is 76.1 Å². The molecule has 0 saturated heterocycles. The summed E-state index contributed by atoms with van der Waals surface area (Å²) in [6.45, 7) is 8.49. The number of methoxy groups -OCH3 is 2. The third-order valence-electron chi connectivity index (χ3n) is 6.76. The lowest BCUT2D eigenvalue weighted by molar-refractivity contribution is -0.141. The number of sulfonamides is 1. The molecule has 12 heteroatoms. The predicted molar refractivity (Wildman–Crippen MR) is 174 cm³/mol. The van der Waals surface area contributed by atoms with E-state index in [0.29, 0.717) is 16.3 Å². The minimum Gasteiger partial charge on any atom is -0.497 e. The van der Waals surface area contributed by atoms with Crippen molar-refractivity contribution < 1.29 is 27.5 Å². The van der Waals surface area contributed by atoms with E-state index in [0.717, 1.165) is 9.87 Å². The molecule has 0 aliphatic rings. The fraction of sp³-hybridized carbons (Fsp3) is 0.375. The average Bonchev–Trinajstić information content (AvgIpc) is 2.96. The zero-order valence-corrected chi connectivity index (χ0v) is 28.3. The lowest BCUT2D eigenvalue weighted by Gasteiger charge is -2.35. The molecule has 3 aromatic carbocycles. The maximum absolute atomic E-state index is 14.3. The van der Waals surface area contributed by atoms with Gasteiger partial charge < -0.3 is 19.7 Å². The number of aryl methyl sites for hydroxylation is 1. The highest BCUT2D eigenvalue weighted by Gasteiger charge is 2.35. The van der Waals surface area contributed by atoms with Gasteiger partial charge in [0.15, 0.2) is 0 Å². The highest BCUT2D eigenvalue weighted by atomic mass is 35.5. The van der Waals surface area contributed by atoms with Gasteiger partial charge in [0, 0.05) is 18.2 Å². The Morgan fingerprint density at radius 3 is 2.14 bits per heavy atom. The van der Waals surface area contributed by atoms with Crippen molar-refractivity contribution in [1.29, 1.82) is 0 Å². The molecule has 1 N–H and O–H groups in total. The Morgan fingerprint density at radius 2 is 1.59 bits per heavy atom. The molecule has 0 bridgehead atoms. The van der Waals surface area contributed by atoms with Gasteiger partial charge in [0.1, 0.15) is 24.1 Å². The molecule has 0 aliphatic heterocycles. The van der Waals surface area contributed by atoms with Crippen molar-refractivity contribution in [3.63, 3.8) is 0 Å². The van der Waals surface area contributed by atoms with E-state index >= 15 is 0 Å². The summed E-state index contributed by atoms with van der Waals surface area (Å²) in [6.07, 6.45) is 0.266. The molecule has 0 fully saturated rings. The quantitative estimate of drug-likeness (QED) is 0.246. The van der Waals surface area contributed by atoms with Gasteiger partial charge in [-0.2, -0.15) is 0 Å². The van der Waals surface area contributed by atoms with E-state index in [1.54, 1.807) is 49.4 Å². The summed E-state index contributed by atoms with van der Waals surface area (Å²) >= 11 is 12.4. The number of nitrogens with one attached hydrogen (secondary N) is 1. The zero-order valence-electron chi connectivity index (χ0n) is 26.0. The van der Waals surface area contributed by atoms with Gasteiger partial charge in [-0.25, -0.2) is 8.42 Å². The number of carbonyl (C=O) groups excluding carboxylic acids is 2. The van der Waals surface area contributed by atoms with E-state index in [-0.39, 0.29) is 40.2 Å².